The number of aliphatic carboxylic acids is 1. The fourth-order valence-electron chi connectivity index (χ4n) is 2.32. The predicted octanol–water partition coefficient (Wildman–Crippen LogP) is 1.63. The first-order chi connectivity index (χ1) is 12.0. The van der Waals surface area contributed by atoms with Crippen LogP contribution in [0.15, 0.2) is 48.5 Å². The van der Waals surface area contributed by atoms with Gasteiger partial charge in [0.2, 0.25) is 0 Å². The summed E-state index contributed by atoms with van der Waals surface area (Å²) in [6.07, 6.45) is 0. The van der Waals surface area contributed by atoms with Crippen molar-refractivity contribution in [1.82, 2.24) is 15.5 Å². The molecule has 0 radical (unpaired) electrons. The summed E-state index contributed by atoms with van der Waals surface area (Å²) in [5.74, 6) is -2.09. The third kappa shape index (κ3) is 3.63. The van der Waals surface area contributed by atoms with Crippen molar-refractivity contribution in [2.24, 2.45) is 0 Å². The Bertz CT molecular complexity index is 964. The zero-order valence-electron chi connectivity index (χ0n) is 12.9. The third-order valence-corrected chi connectivity index (χ3v) is 3.47. The van der Waals surface area contributed by atoms with Gasteiger partial charge in [-0.2, -0.15) is 5.10 Å². The summed E-state index contributed by atoms with van der Waals surface area (Å²) in [5.41, 5.74) is 1.64. The molecule has 0 unspecified atom stereocenters. The molecule has 0 aliphatic rings. The summed E-state index contributed by atoms with van der Waals surface area (Å²) >= 11 is 0. The van der Waals surface area contributed by atoms with Gasteiger partial charge in [0.25, 0.3) is 11.8 Å². The first kappa shape index (κ1) is 16.2. The second-order valence-corrected chi connectivity index (χ2v) is 5.23. The Morgan fingerprint density at radius 2 is 1.84 bits per heavy atom. The van der Waals surface area contributed by atoms with Crippen molar-refractivity contribution >= 4 is 34.4 Å². The van der Waals surface area contributed by atoms with E-state index >= 15 is 0 Å². The standard InChI is InChI=1S/C17H14N4O4/c22-14(23)9-18-16(24)10-4-3-5-11(8-10)19-17(25)15-12-6-1-2-7-13(12)20-21-15/h1-8H,9H2,(H,18,24)(H,19,25)(H,20,21)(H,22,23). The molecular weight excluding hydrogens is 324 g/mol. The number of aromatic amines is 1. The van der Waals surface area contributed by atoms with Gasteiger partial charge in [0.15, 0.2) is 5.69 Å². The van der Waals surface area contributed by atoms with Gasteiger partial charge >= 0.3 is 5.97 Å². The molecule has 0 bridgehead atoms. The summed E-state index contributed by atoms with van der Waals surface area (Å²) in [7, 11) is 0. The maximum absolute atomic E-state index is 12.4. The first-order valence-corrected chi connectivity index (χ1v) is 7.39. The Hall–Kier alpha value is -3.68. The highest BCUT2D eigenvalue weighted by molar-refractivity contribution is 6.11. The number of anilines is 1. The minimum Gasteiger partial charge on any atom is -0.480 e. The summed E-state index contributed by atoms with van der Waals surface area (Å²) in [5, 5.41) is 21.0. The number of carboxylic acids is 1. The summed E-state index contributed by atoms with van der Waals surface area (Å²) in [6.45, 7) is -0.478. The van der Waals surface area contributed by atoms with Gasteiger partial charge in [-0.1, -0.05) is 24.3 Å². The molecular formula is C17H14N4O4. The zero-order valence-corrected chi connectivity index (χ0v) is 12.9. The lowest BCUT2D eigenvalue weighted by molar-refractivity contribution is -0.135. The number of aromatic nitrogens is 2. The molecule has 1 heterocycles. The van der Waals surface area contributed by atoms with Crippen molar-refractivity contribution in [3.05, 3.63) is 59.8 Å². The topological polar surface area (TPSA) is 124 Å². The number of nitrogens with zero attached hydrogens (tertiary/aromatic N) is 1. The molecule has 3 aromatic rings. The molecule has 0 saturated carbocycles. The van der Waals surface area contributed by atoms with Gasteiger partial charge in [0, 0.05) is 16.6 Å². The van der Waals surface area contributed by atoms with E-state index in [1.54, 1.807) is 18.2 Å². The van der Waals surface area contributed by atoms with E-state index in [1.165, 1.54) is 12.1 Å². The van der Waals surface area contributed by atoms with Crippen molar-refractivity contribution in [3.63, 3.8) is 0 Å². The van der Waals surface area contributed by atoms with E-state index in [9.17, 15) is 14.4 Å². The monoisotopic (exact) mass is 338 g/mol. The number of para-hydroxylation sites is 1. The fraction of sp³-hybridized carbons (Fsp3) is 0.0588. The molecule has 0 fully saturated rings. The molecule has 1 aromatic heterocycles. The SMILES string of the molecule is O=C(O)CNC(=O)c1cccc(NC(=O)c2n[nH]c3ccccc23)c1. The number of carbonyl (C=O) groups is 3. The van der Waals surface area contributed by atoms with Crippen LogP contribution in [0.25, 0.3) is 10.9 Å². The fourth-order valence-corrected chi connectivity index (χ4v) is 2.32. The van der Waals surface area contributed by atoms with Crippen LogP contribution in [0.5, 0.6) is 0 Å². The smallest absolute Gasteiger partial charge is 0.322 e. The summed E-state index contributed by atoms with van der Waals surface area (Å²) in [6, 6.07) is 13.4. The molecule has 0 spiro atoms. The average molecular weight is 338 g/mol. The lowest BCUT2D eigenvalue weighted by atomic mass is 10.1. The molecule has 8 nitrogen and oxygen atoms in total. The number of hydrogen-bond acceptors (Lipinski definition) is 4. The van der Waals surface area contributed by atoms with Crippen LogP contribution in [0, 0.1) is 0 Å². The number of hydrogen-bond donors (Lipinski definition) is 4. The lowest BCUT2D eigenvalue weighted by Crippen LogP contribution is -2.29. The summed E-state index contributed by atoms with van der Waals surface area (Å²) < 4.78 is 0. The normalized spacial score (nSPS) is 10.4. The van der Waals surface area contributed by atoms with Crippen LogP contribution >= 0.6 is 0 Å². The minimum atomic E-state index is -1.14. The van der Waals surface area contributed by atoms with Crippen LogP contribution in [0.4, 0.5) is 5.69 Å². The molecule has 0 atom stereocenters. The van der Waals surface area contributed by atoms with E-state index in [1.807, 2.05) is 18.2 Å². The van der Waals surface area contributed by atoms with Crippen molar-refractivity contribution < 1.29 is 19.5 Å². The second kappa shape index (κ2) is 6.83. The van der Waals surface area contributed by atoms with Gasteiger partial charge < -0.3 is 15.7 Å². The van der Waals surface area contributed by atoms with E-state index in [2.05, 4.69) is 20.8 Å². The molecule has 0 aliphatic carbocycles. The van der Waals surface area contributed by atoms with Gasteiger partial charge in [-0.3, -0.25) is 19.5 Å². The van der Waals surface area contributed by atoms with Gasteiger partial charge in [0.1, 0.15) is 6.54 Å². The number of carboxylic acid groups (broad SMARTS) is 1. The maximum atomic E-state index is 12.4. The van der Waals surface area contributed by atoms with Crippen LogP contribution in [0.2, 0.25) is 0 Å². The van der Waals surface area contributed by atoms with Gasteiger partial charge in [-0.05, 0) is 24.3 Å². The van der Waals surface area contributed by atoms with Gasteiger partial charge in [0.05, 0.1) is 5.52 Å². The number of rotatable bonds is 5. The average Bonchev–Trinajstić information content (AvgIpc) is 3.04. The highest BCUT2D eigenvalue weighted by Gasteiger charge is 2.15. The quantitative estimate of drug-likeness (QED) is 0.563. The first-order valence-electron chi connectivity index (χ1n) is 7.39. The molecule has 126 valence electrons. The molecule has 2 amide bonds. The van der Waals surface area contributed by atoms with Crippen LogP contribution in [-0.2, 0) is 4.79 Å². The summed E-state index contributed by atoms with van der Waals surface area (Å²) in [4.78, 5) is 34.8. The van der Waals surface area contributed by atoms with Crippen LogP contribution in [0.3, 0.4) is 0 Å². The Morgan fingerprint density at radius 3 is 2.64 bits per heavy atom. The Labute approximate surface area is 141 Å². The predicted molar refractivity (Wildman–Crippen MR) is 90.5 cm³/mol. The van der Waals surface area contributed by atoms with E-state index in [0.717, 1.165) is 5.52 Å². The Kier molecular flexibility index (Phi) is 4.42. The van der Waals surface area contributed by atoms with E-state index < -0.39 is 24.3 Å². The van der Waals surface area contributed by atoms with E-state index in [0.29, 0.717) is 11.1 Å². The van der Waals surface area contributed by atoms with Crippen LogP contribution in [-0.4, -0.2) is 39.6 Å². The molecule has 3 rings (SSSR count). The third-order valence-electron chi connectivity index (χ3n) is 3.47. The second-order valence-electron chi connectivity index (χ2n) is 5.23. The molecule has 25 heavy (non-hydrogen) atoms. The van der Waals surface area contributed by atoms with Crippen molar-refractivity contribution in [3.8, 4) is 0 Å². The molecule has 8 heteroatoms. The number of benzene rings is 2. The molecule has 0 aliphatic heterocycles. The Morgan fingerprint density at radius 1 is 1.04 bits per heavy atom. The lowest BCUT2D eigenvalue weighted by Gasteiger charge is -2.07. The zero-order chi connectivity index (χ0) is 17.8. The number of nitrogens with one attached hydrogen (secondary N) is 3. The molecule has 2 aromatic carbocycles. The van der Waals surface area contributed by atoms with Crippen LogP contribution in [0.1, 0.15) is 20.8 Å². The van der Waals surface area contributed by atoms with Crippen molar-refractivity contribution in [2.45, 2.75) is 0 Å². The van der Waals surface area contributed by atoms with E-state index in [-0.39, 0.29) is 11.3 Å². The number of carbonyl (C=O) groups excluding carboxylic acids is 2. The Balaban J connectivity index is 1.76. The van der Waals surface area contributed by atoms with Crippen molar-refractivity contribution in [2.75, 3.05) is 11.9 Å². The molecule has 4 N–H and O–H groups in total. The van der Waals surface area contributed by atoms with Gasteiger partial charge in [-0.25, -0.2) is 0 Å². The maximum Gasteiger partial charge on any atom is 0.322 e. The largest absolute Gasteiger partial charge is 0.480 e. The van der Waals surface area contributed by atoms with Gasteiger partial charge in [-0.15, -0.1) is 0 Å². The van der Waals surface area contributed by atoms with E-state index in [4.69, 9.17) is 5.11 Å². The minimum absolute atomic E-state index is 0.242. The highest BCUT2D eigenvalue weighted by atomic mass is 16.4. The van der Waals surface area contributed by atoms with Crippen molar-refractivity contribution in [1.29, 1.82) is 0 Å². The number of H-pyrrole nitrogens is 1. The van der Waals surface area contributed by atoms with Crippen LogP contribution < -0.4 is 10.6 Å². The number of fused-ring (bicyclic) bond motifs is 1. The molecule has 0 saturated heterocycles. The highest BCUT2D eigenvalue weighted by Crippen LogP contribution is 2.17. The number of amides is 2.